The highest BCUT2D eigenvalue weighted by Crippen LogP contribution is 2.18. The number of carbonyl (C=O) groups is 2. The molecule has 1 aliphatic rings. The standard InChI is InChI=1S/C15H18F2N2O3/c1-2-19(15(21)12-7-4-8-22-12)9-13(20)18-14-10(16)5-3-6-11(14)17/h3,5-6,12H,2,4,7-9H2,1H3,(H,18,20)/t12-/m0/s1. The smallest absolute Gasteiger partial charge is 0.252 e. The van der Waals surface area contributed by atoms with Gasteiger partial charge in [-0.2, -0.15) is 0 Å². The van der Waals surface area contributed by atoms with Crippen molar-refractivity contribution in [3.05, 3.63) is 29.8 Å². The monoisotopic (exact) mass is 312 g/mol. The second-order valence-electron chi connectivity index (χ2n) is 5.00. The number of nitrogens with zero attached hydrogens (tertiary/aromatic N) is 1. The van der Waals surface area contributed by atoms with E-state index in [1.807, 2.05) is 0 Å². The molecule has 2 amide bonds. The molecule has 2 rings (SSSR count). The van der Waals surface area contributed by atoms with Crippen LogP contribution in [0.5, 0.6) is 0 Å². The van der Waals surface area contributed by atoms with Crippen molar-refractivity contribution in [1.82, 2.24) is 4.90 Å². The number of hydrogen-bond donors (Lipinski definition) is 1. The van der Waals surface area contributed by atoms with Gasteiger partial charge >= 0.3 is 0 Å². The van der Waals surface area contributed by atoms with E-state index in [1.54, 1.807) is 6.92 Å². The van der Waals surface area contributed by atoms with Crippen LogP contribution in [0.3, 0.4) is 0 Å². The van der Waals surface area contributed by atoms with Crippen molar-refractivity contribution in [1.29, 1.82) is 0 Å². The number of hydrogen-bond acceptors (Lipinski definition) is 3. The molecule has 120 valence electrons. The van der Waals surface area contributed by atoms with E-state index in [2.05, 4.69) is 5.32 Å². The maximum atomic E-state index is 13.5. The van der Waals surface area contributed by atoms with Crippen LogP contribution in [0.1, 0.15) is 19.8 Å². The fourth-order valence-corrected chi connectivity index (χ4v) is 2.29. The molecule has 7 heteroatoms. The fourth-order valence-electron chi connectivity index (χ4n) is 2.29. The molecule has 1 aromatic carbocycles. The predicted molar refractivity (Wildman–Crippen MR) is 76.2 cm³/mol. The van der Waals surface area contributed by atoms with Crippen molar-refractivity contribution in [3.8, 4) is 0 Å². The minimum absolute atomic E-state index is 0.274. The number of carbonyl (C=O) groups excluding carboxylic acids is 2. The zero-order valence-electron chi connectivity index (χ0n) is 12.3. The van der Waals surface area contributed by atoms with E-state index in [0.717, 1.165) is 18.6 Å². The third kappa shape index (κ3) is 3.79. The fraction of sp³-hybridized carbons (Fsp3) is 0.467. The van der Waals surface area contributed by atoms with Gasteiger partial charge in [-0.15, -0.1) is 0 Å². The van der Waals surface area contributed by atoms with Crippen molar-refractivity contribution in [2.45, 2.75) is 25.9 Å². The second-order valence-corrected chi connectivity index (χ2v) is 5.00. The number of likely N-dealkylation sites (N-methyl/N-ethyl adjacent to an activating group) is 1. The van der Waals surface area contributed by atoms with Crippen molar-refractivity contribution < 1.29 is 23.1 Å². The summed E-state index contributed by atoms with van der Waals surface area (Å²) < 4.78 is 32.3. The second kappa shape index (κ2) is 7.31. The summed E-state index contributed by atoms with van der Waals surface area (Å²) in [7, 11) is 0. The van der Waals surface area contributed by atoms with E-state index >= 15 is 0 Å². The number of nitrogens with one attached hydrogen (secondary N) is 1. The van der Waals surface area contributed by atoms with Gasteiger partial charge in [-0.3, -0.25) is 9.59 Å². The van der Waals surface area contributed by atoms with E-state index in [4.69, 9.17) is 4.74 Å². The van der Waals surface area contributed by atoms with Crippen molar-refractivity contribution in [2.24, 2.45) is 0 Å². The molecule has 1 saturated heterocycles. The van der Waals surface area contributed by atoms with Crippen LogP contribution < -0.4 is 5.32 Å². The quantitative estimate of drug-likeness (QED) is 0.904. The Morgan fingerprint density at radius 1 is 1.36 bits per heavy atom. The minimum atomic E-state index is -0.859. The molecule has 1 fully saturated rings. The van der Waals surface area contributed by atoms with Crippen molar-refractivity contribution >= 4 is 17.5 Å². The van der Waals surface area contributed by atoms with Crippen LogP contribution >= 0.6 is 0 Å². The molecule has 0 unspecified atom stereocenters. The van der Waals surface area contributed by atoms with Crippen LogP contribution in [0.25, 0.3) is 0 Å². The maximum absolute atomic E-state index is 13.5. The number of rotatable bonds is 5. The van der Waals surface area contributed by atoms with Crippen molar-refractivity contribution in [2.75, 3.05) is 25.0 Å². The summed E-state index contributed by atoms with van der Waals surface area (Å²) in [4.78, 5) is 25.4. The number of halogens is 2. The van der Waals surface area contributed by atoms with Gasteiger partial charge in [-0.25, -0.2) is 8.78 Å². The van der Waals surface area contributed by atoms with Crippen LogP contribution in [-0.2, 0) is 14.3 Å². The Morgan fingerprint density at radius 3 is 2.59 bits per heavy atom. The summed E-state index contributed by atoms with van der Waals surface area (Å²) in [5, 5.41) is 2.17. The third-order valence-corrected chi connectivity index (χ3v) is 3.46. The van der Waals surface area contributed by atoms with E-state index in [0.29, 0.717) is 19.6 Å². The van der Waals surface area contributed by atoms with Crippen molar-refractivity contribution in [3.63, 3.8) is 0 Å². The highest BCUT2D eigenvalue weighted by Gasteiger charge is 2.28. The molecule has 0 aliphatic carbocycles. The van der Waals surface area contributed by atoms with Gasteiger partial charge in [0.2, 0.25) is 5.91 Å². The molecule has 0 saturated carbocycles. The predicted octanol–water partition coefficient (Wildman–Crippen LogP) is 1.93. The molecule has 0 bridgehead atoms. The first-order valence-electron chi connectivity index (χ1n) is 7.17. The molecule has 0 radical (unpaired) electrons. The zero-order valence-corrected chi connectivity index (χ0v) is 12.3. The number of amides is 2. The van der Waals surface area contributed by atoms with Gasteiger partial charge in [0.25, 0.3) is 5.91 Å². The molecular formula is C15H18F2N2O3. The van der Waals surface area contributed by atoms with Gasteiger partial charge in [0.05, 0.1) is 6.54 Å². The Labute approximate surface area is 127 Å². The SMILES string of the molecule is CCN(CC(=O)Nc1c(F)cccc1F)C(=O)[C@@H]1CCCO1. The average Bonchev–Trinajstić information content (AvgIpc) is 3.02. The minimum Gasteiger partial charge on any atom is -0.368 e. The zero-order chi connectivity index (χ0) is 16.1. The van der Waals surface area contributed by atoms with Crippen LogP contribution in [0.2, 0.25) is 0 Å². The van der Waals surface area contributed by atoms with Crippen LogP contribution in [0.15, 0.2) is 18.2 Å². The first-order valence-corrected chi connectivity index (χ1v) is 7.17. The molecule has 22 heavy (non-hydrogen) atoms. The molecule has 1 atom stereocenters. The maximum Gasteiger partial charge on any atom is 0.252 e. The van der Waals surface area contributed by atoms with E-state index in [1.165, 1.54) is 11.0 Å². The highest BCUT2D eigenvalue weighted by molar-refractivity contribution is 5.95. The van der Waals surface area contributed by atoms with E-state index < -0.39 is 29.3 Å². The number of anilines is 1. The number of benzene rings is 1. The van der Waals surface area contributed by atoms with Gasteiger partial charge in [0.15, 0.2) is 0 Å². The molecular weight excluding hydrogens is 294 g/mol. The highest BCUT2D eigenvalue weighted by atomic mass is 19.1. The Morgan fingerprint density at radius 2 is 2.05 bits per heavy atom. The Balaban J connectivity index is 1.98. The third-order valence-electron chi connectivity index (χ3n) is 3.46. The van der Waals surface area contributed by atoms with E-state index in [-0.39, 0.29) is 12.5 Å². The summed E-state index contributed by atoms with van der Waals surface area (Å²) in [5.41, 5.74) is -0.506. The Kier molecular flexibility index (Phi) is 5.43. The first kappa shape index (κ1) is 16.4. The topological polar surface area (TPSA) is 58.6 Å². The lowest BCUT2D eigenvalue weighted by atomic mass is 10.2. The summed E-state index contributed by atoms with van der Waals surface area (Å²) in [6, 6.07) is 3.31. The lowest BCUT2D eigenvalue weighted by Crippen LogP contribution is -2.43. The van der Waals surface area contributed by atoms with Gasteiger partial charge in [-0.1, -0.05) is 6.07 Å². The molecule has 1 heterocycles. The van der Waals surface area contributed by atoms with Crippen LogP contribution in [0, 0.1) is 11.6 Å². The van der Waals surface area contributed by atoms with Gasteiger partial charge < -0.3 is 15.0 Å². The Bertz CT molecular complexity index is 539. The van der Waals surface area contributed by atoms with Gasteiger partial charge in [-0.05, 0) is 31.9 Å². The normalized spacial score (nSPS) is 17.3. The summed E-state index contributed by atoms with van der Waals surface area (Å²) in [5.74, 6) is -2.65. The van der Waals surface area contributed by atoms with Crippen LogP contribution in [-0.4, -0.2) is 42.5 Å². The van der Waals surface area contributed by atoms with Crippen LogP contribution in [0.4, 0.5) is 14.5 Å². The lowest BCUT2D eigenvalue weighted by Gasteiger charge is -2.23. The molecule has 1 aliphatic heterocycles. The molecule has 0 aromatic heterocycles. The molecule has 1 N–H and O–H groups in total. The first-order chi connectivity index (χ1) is 10.5. The van der Waals surface area contributed by atoms with Gasteiger partial charge in [0.1, 0.15) is 23.4 Å². The summed E-state index contributed by atoms with van der Waals surface area (Å²) in [6.45, 7) is 2.29. The number of para-hydroxylation sites is 1. The van der Waals surface area contributed by atoms with Gasteiger partial charge in [0, 0.05) is 13.2 Å². The largest absolute Gasteiger partial charge is 0.368 e. The average molecular weight is 312 g/mol. The molecule has 0 spiro atoms. The number of ether oxygens (including phenoxy) is 1. The summed E-state index contributed by atoms with van der Waals surface area (Å²) in [6.07, 6.45) is 0.900. The Hall–Kier alpha value is -2.02. The lowest BCUT2D eigenvalue weighted by molar-refractivity contribution is -0.142. The van der Waals surface area contributed by atoms with E-state index in [9.17, 15) is 18.4 Å². The molecule has 1 aromatic rings. The molecule has 5 nitrogen and oxygen atoms in total. The summed E-state index contributed by atoms with van der Waals surface area (Å²) >= 11 is 0.